The molecule has 0 saturated heterocycles. The van der Waals surface area contributed by atoms with Crippen molar-refractivity contribution < 1.29 is 9.47 Å². The van der Waals surface area contributed by atoms with Gasteiger partial charge in [0.2, 0.25) is 0 Å². The van der Waals surface area contributed by atoms with E-state index in [0.29, 0.717) is 13.3 Å². The van der Waals surface area contributed by atoms with Gasteiger partial charge in [0, 0.05) is 40.7 Å². The summed E-state index contributed by atoms with van der Waals surface area (Å²) in [6, 6.07) is 21.9. The van der Waals surface area contributed by atoms with Crippen LogP contribution in [0.2, 0.25) is 0 Å². The summed E-state index contributed by atoms with van der Waals surface area (Å²) in [5.41, 5.74) is 29.9. The monoisotopic (exact) mass is 859 g/mol. The summed E-state index contributed by atoms with van der Waals surface area (Å²) in [6.07, 6.45) is 0. The second-order valence-corrected chi connectivity index (χ2v) is 18.3. The van der Waals surface area contributed by atoms with Crippen molar-refractivity contribution in [1.82, 2.24) is 9.13 Å². The molecule has 0 fully saturated rings. The van der Waals surface area contributed by atoms with Crippen molar-refractivity contribution in [2.24, 2.45) is 7.05 Å². The molecule has 0 aliphatic carbocycles. The maximum Gasteiger partial charge on any atom is 0.123 e. The second-order valence-electron chi connectivity index (χ2n) is 18.3. The molecule has 340 valence electrons. The zero-order valence-corrected chi connectivity index (χ0v) is 43.3. The molecule has 0 spiro atoms. The zero-order valence-electron chi connectivity index (χ0n) is 43.3. The summed E-state index contributed by atoms with van der Waals surface area (Å²) in [5.74, 6) is 0. The van der Waals surface area contributed by atoms with Gasteiger partial charge in [-0.1, -0.05) is 90.7 Å². The molecule has 0 bridgehead atoms. The molecule has 0 radical (unpaired) electrons. The Morgan fingerprint density at radius 3 is 1.19 bits per heavy atom. The number of aryl methyl sites for hydroxylation is 11. The maximum atomic E-state index is 6.38. The predicted octanol–water partition coefficient (Wildman–Crippen LogP) is 16.5. The van der Waals surface area contributed by atoms with E-state index in [-0.39, 0.29) is 0 Å². The van der Waals surface area contributed by atoms with Crippen LogP contribution in [0.3, 0.4) is 0 Å². The van der Waals surface area contributed by atoms with Crippen molar-refractivity contribution in [3.05, 3.63) is 161 Å². The first-order chi connectivity index (χ1) is 30.3. The molecule has 0 N–H and O–H groups in total. The largest absolute Gasteiger partial charge is 0.377 e. The second kappa shape index (κ2) is 20.8. The summed E-state index contributed by atoms with van der Waals surface area (Å²) >= 11 is 0. The van der Waals surface area contributed by atoms with Crippen LogP contribution in [0.1, 0.15) is 121 Å². The molecule has 64 heavy (non-hydrogen) atoms. The maximum absolute atomic E-state index is 6.38. The number of ether oxygens (including phenoxy) is 2. The van der Waals surface area contributed by atoms with Gasteiger partial charge in [0.1, 0.15) is 6.73 Å². The Morgan fingerprint density at radius 1 is 0.406 bits per heavy atom. The lowest BCUT2D eigenvalue weighted by Crippen LogP contribution is -2.06. The molecule has 8 rings (SSSR count). The van der Waals surface area contributed by atoms with E-state index < -0.39 is 0 Å². The average molecular weight is 859 g/mol. The third kappa shape index (κ3) is 9.60. The summed E-state index contributed by atoms with van der Waals surface area (Å²) in [4.78, 5) is 0. The van der Waals surface area contributed by atoms with E-state index in [1.54, 1.807) is 0 Å². The number of fused-ring (bicyclic) bond motifs is 6. The first-order valence-electron chi connectivity index (χ1n) is 23.5. The highest BCUT2D eigenvalue weighted by Crippen LogP contribution is 2.42. The van der Waals surface area contributed by atoms with Crippen LogP contribution in [0.15, 0.2) is 60.7 Å². The molecule has 0 unspecified atom stereocenters. The molecule has 0 aliphatic heterocycles. The van der Waals surface area contributed by atoms with Crippen molar-refractivity contribution >= 4 is 43.6 Å². The minimum absolute atomic E-state index is 0.554. The predicted molar refractivity (Wildman–Crippen MR) is 280 cm³/mol. The summed E-state index contributed by atoms with van der Waals surface area (Å²) < 4.78 is 16.5. The number of para-hydroxylation sites is 1. The van der Waals surface area contributed by atoms with E-state index in [4.69, 9.17) is 9.47 Å². The number of rotatable bonds is 7. The quantitative estimate of drug-likeness (QED) is 0.160. The van der Waals surface area contributed by atoms with Crippen molar-refractivity contribution in [3.8, 4) is 0 Å². The van der Waals surface area contributed by atoms with Crippen molar-refractivity contribution in [2.75, 3.05) is 6.61 Å². The van der Waals surface area contributed by atoms with E-state index in [9.17, 15) is 0 Å². The Bertz CT molecular complexity index is 2870. The first kappa shape index (κ1) is 49.8. The van der Waals surface area contributed by atoms with E-state index in [2.05, 4.69) is 188 Å². The van der Waals surface area contributed by atoms with Crippen molar-refractivity contribution in [2.45, 2.75) is 151 Å². The lowest BCUT2D eigenvalue weighted by Gasteiger charge is -2.16. The SMILES string of the molecule is CC.CCOCc1cc(C)cc(C)c1.Cc1c(C)c(C)c2c(c1C)c1ccccc1n2C.Cc1cc(C)cc(COCn2c3c(C)c(C)c(C)c(C)c3c3c(C)c(C)c(C)c(C)c32)c1. The Balaban J connectivity index is 0.000000201. The number of hydrogen-bond donors (Lipinski definition) is 0. The Kier molecular flexibility index (Phi) is 16.2. The lowest BCUT2D eigenvalue weighted by molar-refractivity contribution is 0.0691. The molecule has 2 aromatic heterocycles. The molecule has 2 heterocycles. The Labute approximate surface area is 386 Å². The molecule has 0 atom stereocenters. The van der Waals surface area contributed by atoms with Gasteiger partial charge in [0.25, 0.3) is 0 Å². The molecule has 0 saturated carbocycles. The summed E-state index contributed by atoms with van der Waals surface area (Å²) in [6.45, 7) is 44.3. The number of benzene rings is 6. The van der Waals surface area contributed by atoms with Gasteiger partial charge in [0.15, 0.2) is 0 Å². The van der Waals surface area contributed by atoms with Crippen LogP contribution >= 0.6 is 0 Å². The minimum Gasteiger partial charge on any atom is -0.377 e. The van der Waals surface area contributed by atoms with Crippen LogP contribution in [0, 0.1) is 111 Å². The van der Waals surface area contributed by atoms with Crippen molar-refractivity contribution in [3.63, 3.8) is 0 Å². The van der Waals surface area contributed by atoms with Crippen LogP contribution in [0.5, 0.6) is 0 Å². The topological polar surface area (TPSA) is 28.3 Å². The third-order valence-corrected chi connectivity index (χ3v) is 14.1. The number of nitrogens with zero attached hydrogens (tertiary/aromatic N) is 2. The molecule has 4 heteroatoms. The lowest BCUT2D eigenvalue weighted by atomic mass is 9.90. The Morgan fingerprint density at radius 2 is 0.766 bits per heavy atom. The van der Waals surface area contributed by atoms with Crippen LogP contribution in [-0.2, 0) is 36.5 Å². The molecule has 0 aliphatic rings. The smallest absolute Gasteiger partial charge is 0.123 e. The van der Waals surface area contributed by atoms with Gasteiger partial charge in [-0.15, -0.1) is 0 Å². The summed E-state index contributed by atoms with van der Waals surface area (Å²) in [7, 11) is 2.17. The highest BCUT2D eigenvalue weighted by molar-refractivity contribution is 6.14. The normalized spacial score (nSPS) is 11.2. The first-order valence-corrected chi connectivity index (χ1v) is 23.5. The molecule has 4 nitrogen and oxygen atoms in total. The van der Waals surface area contributed by atoms with Crippen LogP contribution in [0.4, 0.5) is 0 Å². The van der Waals surface area contributed by atoms with E-state index >= 15 is 0 Å². The van der Waals surface area contributed by atoms with E-state index in [0.717, 1.165) is 13.2 Å². The Hall–Kier alpha value is -5.16. The van der Waals surface area contributed by atoms with Gasteiger partial charge < -0.3 is 18.6 Å². The third-order valence-electron chi connectivity index (χ3n) is 14.1. The van der Waals surface area contributed by atoms with Gasteiger partial charge in [-0.2, -0.15) is 0 Å². The standard InChI is InChI=1S/C30H37NO.C17H19N.C11H16O.C2H6/c1-16-11-17(2)13-26(12-16)14-32-15-31-29-24(9)20(5)18(3)22(7)27(29)28-23(8)19(4)21(6)25(10)30(28)31;1-10-11(2)13(4)17-16(12(10)3)14-8-6-7-9-15(14)18(17)5;1-4-12-8-11-6-9(2)5-10(3)7-11;1-2/h11-13H,14-15H2,1-10H3;6-9H,1-5H3;5-7H,4,8H2,1-3H3;1-2H3. The van der Waals surface area contributed by atoms with Gasteiger partial charge in [-0.25, -0.2) is 0 Å². The summed E-state index contributed by atoms with van der Waals surface area (Å²) in [5, 5.41) is 5.60. The van der Waals surface area contributed by atoms with Crippen LogP contribution < -0.4 is 0 Å². The fourth-order valence-electron chi connectivity index (χ4n) is 10.0. The molecular formula is C60H78N2O2. The van der Waals surface area contributed by atoms with E-state index in [1.165, 1.54) is 144 Å². The number of aromatic nitrogens is 2. The van der Waals surface area contributed by atoms with Gasteiger partial charge in [0.05, 0.1) is 29.8 Å². The van der Waals surface area contributed by atoms with Crippen molar-refractivity contribution in [1.29, 1.82) is 0 Å². The minimum atomic E-state index is 0.554. The van der Waals surface area contributed by atoms with Gasteiger partial charge in [-0.05, 0) is 202 Å². The fraction of sp³-hybridized carbons (Fsp3) is 0.400. The number of hydrogen-bond acceptors (Lipinski definition) is 2. The fourth-order valence-corrected chi connectivity index (χ4v) is 10.0. The molecule has 6 aromatic carbocycles. The highest BCUT2D eigenvalue weighted by atomic mass is 16.5. The van der Waals surface area contributed by atoms with Crippen LogP contribution in [-0.4, -0.2) is 15.7 Å². The highest BCUT2D eigenvalue weighted by Gasteiger charge is 2.23. The average Bonchev–Trinajstić information content (AvgIpc) is 3.77. The van der Waals surface area contributed by atoms with Gasteiger partial charge >= 0.3 is 0 Å². The van der Waals surface area contributed by atoms with Crippen LogP contribution in [0.25, 0.3) is 43.6 Å². The molecule has 8 aromatic rings. The zero-order chi connectivity index (χ0) is 47.5. The molecular weight excluding hydrogens is 781 g/mol. The van der Waals surface area contributed by atoms with Gasteiger partial charge in [-0.3, -0.25) is 0 Å². The van der Waals surface area contributed by atoms with E-state index in [1.807, 2.05) is 20.8 Å². The molecule has 0 amide bonds.